The Bertz CT molecular complexity index is 905. The molecule has 1 N–H and O–H groups in total. The second-order valence-electron chi connectivity index (χ2n) is 6.34. The van der Waals surface area contributed by atoms with Crippen molar-refractivity contribution < 1.29 is 9.59 Å². The third-order valence-electron chi connectivity index (χ3n) is 3.81. The summed E-state index contributed by atoms with van der Waals surface area (Å²) in [5.74, 6) is -0.611. The second-order valence-corrected chi connectivity index (χ2v) is 8.40. The molecule has 1 aromatic heterocycles. The van der Waals surface area contributed by atoms with Crippen LogP contribution in [0.3, 0.4) is 0 Å². The zero-order valence-electron chi connectivity index (χ0n) is 15.6. The van der Waals surface area contributed by atoms with Crippen molar-refractivity contribution in [2.75, 3.05) is 27.2 Å². The van der Waals surface area contributed by atoms with Crippen LogP contribution in [0.15, 0.2) is 29.4 Å². The highest BCUT2D eigenvalue weighted by molar-refractivity contribution is 7.09. The maximum atomic E-state index is 12.5. The topological polar surface area (TPSA) is 66.7 Å². The molecular formula is C18H22Cl2N4O2S. The molecule has 1 atom stereocenters. The fourth-order valence-corrected chi connectivity index (χ4v) is 3.71. The normalized spacial score (nSPS) is 13.1. The molecule has 0 saturated heterocycles. The number of likely N-dealkylation sites (N-methyl/N-ethyl adjacent to an activating group) is 1. The molecule has 1 heterocycles. The van der Waals surface area contributed by atoms with E-state index in [1.54, 1.807) is 23.6 Å². The van der Waals surface area contributed by atoms with Gasteiger partial charge in [0.1, 0.15) is 6.04 Å². The molecule has 0 unspecified atom stereocenters. The van der Waals surface area contributed by atoms with Gasteiger partial charge in [0.15, 0.2) is 4.80 Å². The van der Waals surface area contributed by atoms with Crippen molar-refractivity contribution in [3.63, 3.8) is 0 Å². The molecule has 0 aliphatic rings. The first-order valence-electron chi connectivity index (χ1n) is 8.34. The van der Waals surface area contributed by atoms with Crippen LogP contribution in [0.25, 0.3) is 0 Å². The predicted octanol–water partition coefficient (Wildman–Crippen LogP) is 3.14. The van der Waals surface area contributed by atoms with Gasteiger partial charge in [-0.25, -0.2) is 0 Å². The SMILES string of the molecule is Cc1cn([C@@H](C)C(=O)NCCN(C)C)c(=NC(=O)c2ccc(Cl)cc2Cl)s1. The maximum Gasteiger partial charge on any atom is 0.281 e. The van der Waals surface area contributed by atoms with Crippen LogP contribution < -0.4 is 10.1 Å². The molecule has 0 bridgehead atoms. The quantitative estimate of drug-likeness (QED) is 0.767. The number of aromatic nitrogens is 1. The van der Waals surface area contributed by atoms with Crippen molar-refractivity contribution in [3.8, 4) is 0 Å². The smallest absolute Gasteiger partial charge is 0.281 e. The zero-order valence-corrected chi connectivity index (χ0v) is 18.0. The van der Waals surface area contributed by atoms with E-state index in [4.69, 9.17) is 23.2 Å². The van der Waals surface area contributed by atoms with Gasteiger partial charge < -0.3 is 14.8 Å². The molecule has 0 fully saturated rings. The Kier molecular flexibility index (Phi) is 7.61. The zero-order chi connectivity index (χ0) is 20.1. The van der Waals surface area contributed by atoms with Crippen LogP contribution in [0, 0.1) is 6.92 Å². The summed E-state index contributed by atoms with van der Waals surface area (Å²) in [7, 11) is 3.88. The van der Waals surface area contributed by atoms with E-state index in [1.807, 2.05) is 32.1 Å². The lowest BCUT2D eigenvalue weighted by Gasteiger charge is -2.15. The van der Waals surface area contributed by atoms with Crippen LogP contribution >= 0.6 is 34.5 Å². The van der Waals surface area contributed by atoms with E-state index >= 15 is 0 Å². The number of carbonyl (C=O) groups is 2. The number of halogens is 2. The first-order chi connectivity index (χ1) is 12.7. The minimum Gasteiger partial charge on any atom is -0.353 e. The number of rotatable bonds is 6. The van der Waals surface area contributed by atoms with Gasteiger partial charge in [-0.3, -0.25) is 9.59 Å². The fraction of sp³-hybridized carbons (Fsp3) is 0.389. The first-order valence-corrected chi connectivity index (χ1v) is 9.91. The van der Waals surface area contributed by atoms with Crippen molar-refractivity contribution in [1.82, 2.24) is 14.8 Å². The molecule has 27 heavy (non-hydrogen) atoms. The second kappa shape index (κ2) is 9.50. The van der Waals surface area contributed by atoms with E-state index in [0.29, 0.717) is 16.4 Å². The minimum absolute atomic E-state index is 0.131. The molecule has 0 radical (unpaired) electrons. The molecule has 2 amide bonds. The molecule has 1 aromatic carbocycles. The van der Waals surface area contributed by atoms with Crippen molar-refractivity contribution in [2.45, 2.75) is 19.9 Å². The Morgan fingerprint density at radius 3 is 2.67 bits per heavy atom. The number of nitrogens with zero attached hydrogens (tertiary/aromatic N) is 3. The van der Waals surface area contributed by atoms with Crippen LogP contribution in [0.2, 0.25) is 10.0 Å². The van der Waals surface area contributed by atoms with E-state index < -0.39 is 11.9 Å². The Balaban J connectivity index is 2.27. The van der Waals surface area contributed by atoms with Crippen LogP contribution in [0.4, 0.5) is 0 Å². The van der Waals surface area contributed by atoms with Crippen LogP contribution in [0.1, 0.15) is 28.2 Å². The van der Waals surface area contributed by atoms with E-state index in [9.17, 15) is 9.59 Å². The largest absolute Gasteiger partial charge is 0.353 e. The molecule has 0 aliphatic carbocycles. The highest BCUT2D eigenvalue weighted by Crippen LogP contribution is 2.21. The molecule has 0 spiro atoms. The number of nitrogens with one attached hydrogen (secondary N) is 1. The van der Waals surface area contributed by atoms with Crippen molar-refractivity contribution in [1.29, 1.82) is 0 Å². The van der Waals surface area contributed by atoms with Gasteiger partial charge in [-0.2, -0.15) is 4.99 Å². The van der Waals surface area contributed by atoms with Gasteiger partial charge in [-0.1, -0.05) is 23.2 Å². The highest BCUT2D eigenvalue weighted by Gasteiger charge is 2.18. The van der Waals surface area contributed by atoms with Crippen LogP contribution in [0.5, 0.6) is 0 Å². The summed E-state index contributed by atoms with van der Waals surface area (Å²) >= 11 is 13.3. The number of benzene rings is 1. The lowest BCUT2D eigenvalue weighted by Crippen LogP contribution is -2.37. The number of amides is 2. The van der Waals surface area contributed by atoms with Gasteiger partial charge in [0.25, 0.3) is 5.91 Å². The Morgan fingerprint density at radius 1 is 1.33 bits per heavy atom. The number of aryl methyl sites for hydroxylation is 1. The molecule has 0 saturated carbocycles. The number of carbonyl (C=O) groups excluding carboxylic acids is 2. The molecule has 0 aliphatic heterocycles. The van der Waals surface area contributed by atoms with Gasteiger partial charge in [0, 0.05) is 29.2 Å². The van der Waals surface area contributed by atoms with Crippen molar-refractivity contribution >= 4 is 46.4 Å². The molecule has 146 valence electrons. The first kappa shape index (κ1) is 21.6. The summed E-state index contributed by atoms with van der Waals surface area (Å²) in [5.41, 5.74) is 0.266. The fourth-order valence-electron chi connectivity index (χ4n) is 2.32. The predicted molar refractivity (Wildman–Crippen MR) is 110 cm³/mol. The van der Waals surface area contributed by atoms with E-state index in [0.717, 1.165) is 11.4 Å². The Hall–Kier alpha value is -1.67. The van der Waals surface area contributed by atoms with Crippen LogP contribution in [-0.4, -0.2) is 48.5 Å². The van der Waals surface area contributed by atoms with E-state index in [1.165, 1.54) is 17.4 Å². The summed E-state index contributed by atoms with van der Waals surface area (Å²) in [5, 5.41) is 3.58. The molecule has 2 aromatic rings. The molecule has 9 heteroatoms. The maximum absolute atomic E-state index is 12.5. The lowest BCUT2D eigenvalue weighted by atomic mass is 10.2. The summed E-state index contributed by atoms with van der Waals surface area (Å²) in [4.78, 5) is 32.5. The number of hydrogen-bond acceptors (Lipinski definition) is 4. The summed E-state index contributed by atoms with van der Waals surface area (Å²) in [6.45, 7) is 4.97. The number of thiazole rings is 1. The van der Waals surface area contributed by atoms with E-state index in [2.05, 4.69) is 10.3 Å². The summed E-state index contributed by atoms with van der Waals surface area (Å²) in [6.07, 6.45) is 1.82. The molecule has 2 rings (SSSR count). The standard InChI is InChI=1S/C18H22Cl2N4O2S/c1-11-10-24(12(2)16(25)21-7-8-23(3)4)18(27-11)22-17(26)14-6-5-13(19)9-15(14)20/h5-6,9-10,12H,7-8H2,1-4H3,(H,21,25)/t12-/m0/s1. The molecular weight excluding hydrogens is 407 g/mol. The van der Waals surface area contributed by atoms with Gasteiger partial charge in [-0.05, 0) is 46.1 Å². The van der Waals surface area contributed by atoms with E-state index in [-0.39, 0.29) is 16.5 Å². The Labute approximate surface area is 172 Å². The minimum atomic E-state index is -0.496. The summed E-state index contributed by atoms with van der Waals surface area (Å²) in [6, 6.07) is 4.13. The Morgan fingerprint density at radius 2 is 2.04 bits per heavy atom. The van der Waals surface area contributed by atoms with Gasteiger partial charge >= 0.3 is 0 Å². The van der Waals surface area contributed by atoms with Crippen LogP contribution in [-0.2, 0) is 4.79 Å². The average molecular weight is 429 g/mol. The molecule has 6 nitrogen and oxygen atoms in total. The third kappa shape index (κ3) is 5.90. The average Bonchev–Trinajstić information content (AvgIpc) is 2.93. The van der Waals surface area contributed by atoms with Gasteiger partial charge in [0.2, 0.25) is 5.91 Å². The summed E-state index contributed by atoms with van der Waals surface area (Å²) < 4.78 is 1.70. The third-order valence-corrected chi connectivity index (χ3v) is 5.27. The monoisotopic (exact) mass is 428 g/mol. The lowest BCUT2D eigenvalue weighted by molar-refractivity contribution is -0.123. The highest BCUT2D eigenvalue weighted by atomic mass is 35.5. The van der Waals surface area contributed by atoms with Gasteiger partial charge in [-0.15, -0.1) is 11.3 Å². The van der Waals surface area contributed by atoms with Crippen molar-refractivity contribution in [3.05, 3.63) is 49.7 Å². The van der Waals surface area contributed by atoms with Crippen molar-refractivity contribution in [2.24, 2.45) is 4.99 Å². The van der Waals surface area contributed by atoms with Gasteiger partial charge in [0.05, 0.1) is 10.6 Å². The number of hydrogen-bond donors (Lipinski definition) is 1.